The zero-order valence-corrected chi connectivity index (χ0v) is 15.2. The van der Waals surface area contributed by atoms with Gasteiger partial charge in [0.2, 0.25) is 0 Å². The molecule has 0 spiro atoms. The van der Waals surface area contributed by atoms with Gasteiger partial charge in [0, 0.05) is 44.0 Å². The predicted molar refractivity (Wildman–Crippen MR) is 88.1 cm³/mol. The second kappa shape index (κ2) is 7.61. The van der Waals surface area contributed by atoms with Crippen molar-refractivity contribution in [1.82, 2.24) is 9.78 Å². The lowest BCUT2D eigenvalue weighted by atomic mass is 9.92. The molecule has 23 heavy (non-hydrogen) atoms. The second-order valence-electron chi connectivity index (χ2n) is 6.26. The number of nitrogens with one attached hydrogen (secondary N) is 1. The molecule has 0 aliphatic rings. The Morgan fingerprint density at radius 3 is 2.22 bits per heavy atom. The Morgan fingerprint density at radius 2 is 1.83 bits per heavy atom. The van der Waals surface area contributed by atoms with Crippen molar-refractivity contribution in [3.63, 3.8) is 0 Å². The summed E-state index contributed by atoms with van der Waals surface area (Å²) in [5.41, 5.74) is 1.48. The van der Waals surface area contributed by atoms with Gasteiger partial charge in [-0.05, 0) is 6.92 Å². The number of anilines is 1. The van der Waals surface area contributed by atoms with Crippen molar-refractivity contribution in [2.75, 3.05) is 26.6 Å². The molecule has 0 saturated carbocycles. The first-order valence-electron chi connectivity index (χ1n) is 7.31. The maximum atomic E-state index is 12.4. The van der Waals surface area contributed by atoms with Gasteiger partial charge in [-0.2, -0.15) is 5.10 Å². The molecule has 0 unspecified atom stereocenters. The van der Waals surface area contributed by atoms with Crippen LogP contribution in [-0.2, 0) is 31.5 Å². The van der Waals surface area contributed by atoms with Gasteiger partial charge in [-0.15, -0.1) is 0 Å². The van der Waals surface area contributed by atoms with E-state index >= 15 is 0 Å². The Kier molecular flexibility index (Phi) is 6.35. The highest BCUT2D eigenvalue weighted by atomic mass is 16.7. The van der Waals surface area contributed by atoms with Gasteiger partial charge in [-0.3, -0.25) is 9.48 Å². The normalized spacial score (nSPS) is 13.1. The molecule has 0 saturated heterocycles. The van der Waals surface area contributed by atoms with Gasteiger partial charge in [0.15, 0.2) is 17.9 Å². The van der Waals surface area contributed by atoms with E-state index in [9.17, 15) is 4.79 Å². The standard InChI is InChI=1S/C16H27N3O4/c1-10(15(22-7)23-8)13(21-6)14(20)17-12-9-11(16(2,3)4)19(5)18-12/h9,15H,1-8H3,(H,17,18,20). The third-order valence-electron chi connectivity index (χ3n) is 3.44. The van der Waals surface area contributed by atoms with Gasteiger partial charge in [0.05, 0.1) is 7.11 Å². The van der Waals surface area contributed by atoms with E-state index in [1.54, 1.807) is 11.6 Å². The third-order valence-corrected chi connectivity index (χ3v) is 3.44. The molecule has 0 radical (unpaired) electrons. The number of nitrogens with zero attached hydrogens (tertiary/aromatic N) is 2. The number of hydrogen-bond acceptors (Lipinski definition) is 5. The summed E-state index contributed by atoms with van der Waals surface area (Å²) in [6, 6.07) is 1.85. The molecule has 0 aliphatic heterocycles. The highest BCUT2D eigenvalue weighted by Crippen LogP contribution is 2.24. The van der Waals surface area contributed by atoms with E-state index in [0.717, 1.165) is 5.69 Å². The molecular weight excluding hydrogens is 298 g/mol. The summed E-state index contributed by atoms with van der Waals surface area (Å²) in [6.45, 7) is 7.97. The minimum Gasteiger partial charge on any atom is -0.491 e. The van der Waals surface area contributed by atoms with E-state index in [4.69, 9.17) is 14.2 Å². The lowest BCUT2D eigenvalue weighted by molar-refractivity contribution is -0.117. The van der Waals surface area contributed by atoms with Crippen molar-refractivity contribution in [2.24, 2.45) is 7.05 Å². The Morgan fingerprint density at radius 1 is 1.26 bits per heavy atom. The molecular formula is C16H27N3O4. The summed E-state index contributed by atoms with van der Waals surface area (Å²) >= 11 is 0. The quantitative estimate of drug-likeness (QED) is 0.493. The Bertz CT molecular complexity index is 581. The van der Waals surface area contributed by atoms with Crippen molar-refractivity contribution in [3.8, 4) is 0 Å². The summed E-state index contributed by atoms with van der Waals surface area (Å²) in [4.78, 5) is 12.4. The molecule has 0 aromatic carbocycles. The fourth-order valence-electron chi connectivity index (χ4n) is 2.39. The fraction of sp³-hybridized carbons (Fsp3) is 0.625. The molecule has 7 heteroatoms. The summed E-state index contributed by atoms with van der Waals surface area (Å²) in [6.07, 6.45) is -0.649. The maximum Gasteiger partial charge on any atom is 0.292 e. The first-order chi connectivity index (χ1) is 10.6. The fourth-order valence-corrected chi connectivity index (χ4v) is 2.39. The monoisotopic (exact) mass is 325 g/mol. The van der Waals surface area contributed by atoms with E-state index in [1.807, 2.05) is 13.1 Å². The maximum absolute atomic E-state index is 12.4. The van der Waals surface area contributed by atoms with Gasteiger partial charge in [0.1, 0.15) is 0 Å². The smallest absolute Gasteiger partial charge is 0.292 e. The highest BCUT2D eigenvalue weighted by molar-refractivity contribution is 6.02. The molecule has 7 nitrogen and oxygen atoms in total. The van der Waals surface area contributed by atoms with Gasteiger partial charge in [-0.1, -0.05) is 20.8 Å². The molecule has 1 N–H and O–H groups in total. The molecule has 1 aromatic heterocycles. The lowest BCUT2D eigenvalue weighted by Crippen LogP contribution is -2.23. The molecule has 130 valence electrons. The molecule has 1 heterocycles. The zero-order valence-electron chi connectivity index (χ0n) is 15.2. The topological polar surface area (TPSA) is 74.6 Å². The van der Waals surface area contributed by atoms with Crippen LogP contribution in [0.1, 0.15) is 33.4 Å². The van der Waals surface area contributed by atoms with E-state index in [2.05, 4.69) is 31.2 Å². The number of hydrogen-bond donors (Lipinski definition) is 1. The number of rotatable bonds is 6. The van der Waals surface area contributed by atoms with Gasteiger partial charge >= 0.3 is 0 Å². The summed E-state index contributed by atoms with van der Waals surface area (Å²) in [5.74, 6) is 0.209. The van der Waals surface area contributed by atoms with Crippen LogP contribution in [0, 0.1) is 0 Å². The molecule has 0 bridgehead atoms. The number of ether oxygens (including phenoxy) is 3. The molecule has 0 aliphatic carbocycles. The number of carbonyl (C=O) groups is 1. The number of methoxy groups -OCH3 is 3. The van der Waals surface area contributed by atoms with Crippen LogP contribution in [-0.4, -0.2) is 43.3 Å². The molecule has 0 atom stereocenters. The van der Waals surface area contributed by atoms with E-state index in [0.29, 0.717) is 11.4 Å². The summed E-state index contributed by atoms with van der Waals surface area (Å²) in [5, 5.41) is 7.07. The van der Waals surface area contributed by atoms with Gasteiger partial charge in [0.25, 0.3) is 5.91 Å². The molecule has 1 aromatic rings. The highest BCUT2D eigenvalue weighted by Gasteiger charge is 2.23. The van der Waals surface area contributed by atoms with Crippen molar-refractivity contribution >= 4 is 11.7 Å². The average Bonchev–Trinajstić information content (AvgIpc) is 2.81. The van der Waals surface area contributed by atoms with Crippen molar-refractivity contribution in [1.29, 1.82) is 0 Å². The van der Waals surface area contributed by atoms with Crippen LogP contribution in [0.3, 0.4) is 0 Å². The lowest BCUT2D eigenvalue weighted by Gasteiger charge is -2.17. The Balaban J connectivity index is 3.04. The van der Waals surface area contributed by atoms with Crippen molar-refractivity contribution in [3.05, 3.63) is 23.1 Å². The SMILES string of the molecule is COC(C(=O)Nc1cc(C(C)(C)C)n(C)n1)=C(C)C(OC)OC. The number of amides is 1. The summed E-state index contributed by atoms with van der Waals surface area (Å²) in [7, 11) is 6.27. The minimum absolute atomic E-state index is 0.0717. The third kappa shape index (κ3) is 4.56. The van der Waals surface area contributed by atoms with Crippen LogP contribution in [0.4, 0.5) is 5.82 Å². The van der Waals surface area contributed by atoms with Crippen LogP contribution in [0.5, 0.6) is 0 Å². The zero-order chi connectivity index (χ0) is 17.8. The average molecular weight is 325 g/mol. The van der Waals surface area contributed by atoms with Crippen LogP contribution in [0.2, 0.25) is 0 Å². The van der Waals surface area contributed by atoms with E-state index < -0.39 is 12.2 Å². The second-order valence-corrected chi connectivity index (χ2v) is 6.26. The first kappa shape index (κ1) is 19.2. The largest absolute Gasteiger partial charge is 0.491 e. The van der Waals surface area contributed by atoms with Crippen molar-refractivity contribution < 1.29 is 19.0 Å². The van der Waals surface area contributed by atoms with Crippen LogP contribution >= 0.6 is 0 Å². The van der Waals surface area contributed by atoms with E-state index in [1.165, 1.54) is 21.3 Å². The van der Waals surface area contributed by atoms with Crippen molar-refractivity contribution in [2.45, 2.75) is 39.4 Å². The molecule has 0 fully saturated rings. The number of carbonyl (C=O) groups excluding carboxylic acids is 1. The van der Waals surface area contributed by atoms with Gasteiger partial charge in [-0.25, -0.2) is 0 Å². The summed E-state index contributed by atoms with van der Waals surface area (Å²) < 4.78 is 17.3. The molecule has 1 amide bonds. The van der Waals surface area contributed by atoms with E-state index in [-0.39, 0.29) is 11.2 Å². The van der Waals surface area contributed by atoms with Gasteiger partial charge < -0.3 is 19.5 Å². The number of aryl methyl sites for hydroxylation is 1. The Hall–Kier alpha value is -1.86. The number of aromatic nitrogens is 2. The molecule has 1 rings (SSSR count). The Labute approximate surface area is 137 Å². The minimum atomic E-state index is -0.649. The predicted octanol–water partition coefficient (Wildman–Crippen LogP) is 2.20. The van der Waals surface area contributed by atoms with Crippen LogP contribution in [0.25, 0.3) is 0 Å². The van der Waals surface area contributed by atoms with Crippen LogP contribution in [0.15, 0.2) is 17.4 Å². The first-order valence-corrected chi connectivity index (χ1v) is 7.31. The van der Waals surface area contributed by atoms with Crippen LogP contribution < -0.4 is 5.32 Å².